The number of amides is 1. The van der Waals surface area contributed by atoms with E-state index in [2.05, 4.69) is 4.98 Å². The number of aliphatic hydroxyl groups excluding tert-OH is 1. The third kappa shape index (κ3) is 3.90. The van der Waals surface area contributed by atoms with Crippen molar-refractivity contribution in [3.05, 3.63) is 88.7 Å². The largest absolute Gasteiger partial charge is 0.507 e. The standard InChI is InChI=1S/C29H23FN2O5S/c1-3-36-18-9-10-21-23(14-18)38-29(31-21)32-25(19-6-4-5-7-20(19)30)24(27(34)28(32)35)26(33)16-8-11-22-17(13-16)12-15(2)37-22/h4-11,13-15,25,33H,3,12H2,1-2H3/b26-24-. The minimum atomic E-state index is -1.20. The molecule has 2 aliphatic heterocycles. The molecule has 0 bridgehead atoms. The molecule has 38 heavy (non-hydrogen) atoms. The first-order valence-corrected chi connectivity index (χ1v) is 13.1. The van der Waals surface area contributed by atoms with E-state index >= 15 is 4.39 Å². The molecule has 3 heterocycles. The Morgan fingerprint density at radius 2 is 2.00 bits per heavy atom. The molecule has 192 valence electrons. The normalized spacial score (nSPS) is 20.1. The first-order chi connectivity index (χ1) is 18.4. The molecule has 7 nitrogen and oxygen atoms in total. The van der Waals surface area contributed by atoms with Crippen LogP contribution in [-0.2, 0) is 16.0 Å². The Morgan fingerprint density at radius 1 is 1.18 bits per heavy atom. The average Bonchev–Trinajstić information content (AvgIpc) is 3.56. The van der Waals surface area contributed by atoms with Crippen LogP contribution in [0, 0.1) is 5.82 Å². The topological polar surface area (TPSA) is 89.0 Å². The maximum atomic E-state index is 15.2. The zero-order chi connectivity index (χ0) is 26.6. The first kappa shape index (κ1) is 24.1. The van der Waals surface area contributed by atoms with E-state index in [1.165, 1.54) is 34.4 Å². The van der Waals surface area contributed by atoms with Crippen LogP contribution in [0.15, 0.2) is 66.2 Å². The molecule has 1 fully saturated rings. The number of benzene rings is 3. The highest BCUT2D eigenvalue weighted by Crippen LogP contribution is 2.45. The Morgan fingerprint density at radius 3 is 2.79 bits per heavy atom. The summed E-state index contributed by atoms with van der Waals surface area (Å²) in [6, 6.07) is 15.2. The van der Waals surface area contributed by atoms with Gasteiger partial charge in [-0.05, 0) is 61.9 Å². The van der Waals surface area contributed by atoms with E-state index in [0.717, 1.165) is 10.3 Å². The molecule has 0 radical (unpaired) electrons. The van der Waals surface area contributed by atoms with Gasteiger partial charge in [-0.2, -0.15) is 0 Å². The van der Waals surface area contributed by atoms with Crippen LogP contribution < -0.4 is 14.4 Å². The number of halogens is 1. The molecule has 6 rings (SSSR count). The van der Waals surface area contributed by atoms with Crippen molar-refractivity contribution in [1.82, 2.24) is 4.98 Å². The molecule has 0 saturated carbocycles. The lowest BCUT2D eigenvalue weighted by Crippen LogP contribution is -2.29. The fraction of sp³-hybridized carbons (Fsp3) is 0.207. The van der Waals surface area contributed by atoms with Crippen LogP contribution in [0.25, 0.3) is 16.0 Å². The van der Waals surface area contributed by atoms with Crippen molar-refractivity contribution >= 4 is 44.1 Å². The van der Waals surface area contributed by atoms with Crippen molar-refractivity contribution in [2.75, 3.05) is 11.5 Å². The number of aromatic nitrogens is 1. The Bertz CT molecular complexity index is 1650. The van der Waals surface area contributed by atoms with E-state index in [1.807, 2.05) is 19.9 Å². The number of fused-ring (bicyclic) bond motifs is 2. The van der Waals surface area contributed by atoms with E-state index in [9.17, 15) is 14.7 Å². The lowest BCUT2D eigenvalue weighted by molar-refractivity contribution is -0.132. The highest BCUT2D eigenvalue weighted by molar-refractivity contribution is 7.22. The SMILES string of the molecule is CCOc1ccc2nc(N3C(=O)C(=O)/C(=C(\O)c4ccc5c(c4)CC(C)O5)C3c3ccccc3F)sc2c1. The Hall–Kier alpha value is -4.24. The molecule has 4 aromatic rings. The number of ether oxygens (including phenoxy) is 2. The van der Waals surface area contributed by atoms with E-state index in [1.54, 1.807) is 36.4 Å². The number of ketones is 1. The molecule has 1 saturated heterocycles. The maximum absolute atomic E-state index is 15.2. The summed E-state index contributed by atoms with van der Waals surface area (Å²) in [7, 11) is 0. The lowest BCUT2D eigenvalue weighted by Gasteiger charge is -2.23. The van der Waals surface area contributed by atoms with Crippen molar-refractivity contribution in [3.63, 3.8) is 0 Å². The number of hydrogen-bond acceptors (Lipinski definition) is 7. The summed E-state index contributed by atoms with van der Waals surface area (Å²) in [5.41, 5.74) is 1.73. The van der Waals surface area contributed by atoms with E-state index < -0.39 is 23.5 Å². The van der Waals surface area contributed by atoms with Crippen LogP contribution in [-0.4, -0.2) is 34.5 Å². The predicted molar refractivity (Wildman–Crippen MR) is 142 cm³/mol. The fourth-order valence-electron chi connectivity index (χ4n) is 5.00. The van der Waals surface area contributed by atoms with Gasteiger partial charge in [0.25, 0.3) is 5.78 Å². The third-order valence-electron chi connectivity index (χ3n) is 6.68. The second-order valence-electron chi connectivity index (χ2n) is 9.20. The third-order valence-corrected chi connectivity index (χ3v) is 7.70. The minimum Gasteiger partial charge on any atom is -0.507 e. The summed E-state index contributed by atoms with van der Waals surface area (Å²) in [6.07, 6.45) is 0.644. The summed E-state index contributed by atoms with van der Waals surface area (Å²) < 4.78 is 27.2. The Labute approximate surface area is 221 Å². The van der Waals surface area contributed by atoms with Gasteiger partial charge in [-0.25, -0.2) is 9.37 Å². The summed E-state index contributed by atoms with van der Waals surface area (Å²) in [6.45, 7) is 4.32. The van der Waals surface area contributed by atoms with Crippen molar-refractivity contribution in [3.8, 4) is 11.5 Å². The molecule has 2 unspecified atom stereocenters. The number of aliphatic hydroxyl groups is 1. The van der Waals surface area contributed by atoms with E-state index in [4.69, 9.17) is 9.47 Å². The maximum Gasteiger partial charge on any atom is 0.301 e. The summed E-state index contributed by atoms with van der Waals surface area (Å²) >= 11 is 1.19. The van der Waals surface area contributed by atoms with Crippen LogP contribution in [0.3, 0.4) is 0 Å². The molecule has 2 aliphatic rings. The van der Waals surface area contributed by atoms with Crippen molar-refractivity contribution in [2.24, 2.45) is 0 Å². The van der Waals surface area contributed by atoms with Crippen LogP contribution >= 0.6 is 11.3 Å². The van der Waals surface area contributed by atoms with Gasteiger partial charge in [0.15, 0.2) is 5.13 Å². The summed E-state index contributed by atoms with van der Waals surface area (Å²) in [5, 5.41) is 11.6. The summed E-state index contributed by atoms with van der Waals surface area (Å²) in [5.74, 6) is -1.41. The van der Waals surface area contributed by atoms with Crippen LogP contribution in [0.5, 0.6) is 11.5 Å². The molecule has 9 heteroatoms. The predicted octanol–water partition coefficient (Wildman–Crippen LogP) is 5.78. The molecule has 1 amide bonds. The zero-order valence-electron chi connectivity index (χ0n) is 20.6. The van der Waals surface area contributed by atoms with Gasteiger partial charge in [-0.15, -0.1) is 0 Å². The van der Waals surface area contributed by atoms with Gasteiger partial charge in [-0.1, -0.05) is 29.5 Å². The number of thiazole rings is 1. The molecule has 2 atom stereocenters. The van der Waals surface area contributed by atoms with Crippen LogP contribution in [0.1, 0.15) is 36.6 Å². The monoisotopic (exact) mass is 530 g/mol. The number of carbonyl (C=O) groups is 2. The molecular formula is C29H23FN2O5S. The molecular weight excluding hydrogens is 507 g/mol. The van der Waals surface area contributed by atoms with Crippen molar-refractivity contribution in [1.29, 1.82) is 0 Å². The van der Waals surface area contributed by atoms with Crippen molar-refractivity contribution < 1.29 is 28.6 Å². The quantitative estimate of drug-likeness (QED) is 0.200. The van der Waals surface area contributed by atoms with Crippen LogP contribution in [0.4, 0.5) is 9.52 Å². The van der Waals surface area contributed by atoms with Gasteiger partial charge in [0.2, 0.25) is 0 Å². The van der Waals surface area contributed by atoms with Crippen LogP contribution in [0.2, 0.25) is 0 Å². The van der Waals surface area contributed by atoms with Gasteiger partial charge in [-0.3, -0.25) is 14.5 Å². The Kier molecular flexibility index (Phi) is 5.87. The fourth-order valence-corrected chi connectivity index (χ4v) is 6.02. The minimum absolute atomic E-state index is 0.00586. The second kappa shape index (κ2) is 9.25. The number of nitrogens with zero attached hydrogens (tertiary/aromatic N) is 2. The molecule has 1 aromatic heterocycles. The molecule has 1 N–H and O–H groups in total. The average molecular weight is 531 g/mol. The summed E-state index contributed by atoms with van der Waals surface area (Å²) in [4.78, 5) is 32.7. The van der Waals surface area contributed by atoms with Gasteiger partial charge in [0, 0.05) is 17.5 Å². The van der Waals surface area contributed by atoms with E-state index in [0.29, 0.717) is 35.6 Å². The van der Waals surface area contributed by atoms with E-state index in [-0.39, 0.29) is 28.1 Å². The van der Waals surface area contributed by atoms with Gasteiger partial charge in [0.1, 0.15) is 35.2 Å². The molecule has 0 aliphatic carbocycles. The molecule has 3 aromatic carbocycles. The molecule has 0 spiro atoms. The van der Waals surface area contributed by atoms with Crippen molar-refractivity contribution in [2.45, 2.75) is 32.4 Å². The Balaban J connectivity index is 1.52. The number of anilines is 1. The highest BCUT2D eigenvalue weighted by Gasteiger charge is 2.49. The van der Waals surface area contributed by atoms with Gasteiger partial charge in [0.05, 0.1) is 22.4 Å². The number of hydrogen-bond donors (Lipinski definition) is 1. The first-order valence-electron chi connectivity index (χ1n) is 12.2. The van der Waals surface area contributed by atoms with Gasteiger partial charge < -0.3 is 14.6 Å². The smallest absolute Gasteiger partial charge is 0.301 e. The lowest BCUT2D eigenvalue weighted by atomic mass is 9.94. The zero-order valence-corrected chi connectivity index (χ0v) is 21.4. The second-order valence-corrected chi connectivity index (χ2v) is 10.2. The van der Waals surface area contributed by atoms with Gasteiger partial charge >= 0.3 is 5.91 Å². The number of carbonyl (C=O) groups excluding carboxylic acids is 2. The highest BCUT2D eigenvalue weighted by atomic mass is 32.1. The number of Topliss-reactive ketones (excluding diaryl/α,β-unsaturated/α-hetero) is 1. The number of rotatable bonds is 5.